The summed E-state index contributed by atoms with van der Waals surface area (Å²) in [5, 5.41) is 0. The molecule has 0 fully saturated rings. The molecule has 0 saturated heterocycles. The van der Waals surface area contributed by atoms with Crippen molar-refractivity contribution in [1.82, 2.24) is 0 Å². The van der Waals surface area contributed by atoms with Crippen LogP contribution in [0.5, 0.6) is 0 Å². The zero-order valence-corrected chi connectivity index (χ0v) is 8.01. The average Bonchev–Trinajstić information content (AvgIpc) is 2.00. The van der Waals surface area contributed by atoms with Gasteiger partial charge in [0.1, 0.15) is 10.7 Å². The van der Waals surface area contributed by atoms with E-state index in [9.17, 15) is 23.8 Å². The fourth-order valence-corrected chi connectivity index (χ4v) is 1.74. The number of halogens is 6. The van der Waals surface area contributed by atoms with E-state index in [4.69, 9.17) is 0 Å². The second-order valence-electron chi connectivity index (χ2n) is 2.86. The highest BCUT2D eigenvalue weighted by atomic mass is 32.5. The van der Waals surface area contributed by atoms with Crippen molar-refractivity contribution >= 4 is 16.3 Å². The van der Waals surface area contributed by atoms with Crippen LogP contribution in [0.25, 0.3) is 6.08 Å². The third kappa shape index (κ3) is 2.68. The maximum absolute atomic E-state index is 12.7. The molecule has 0 aliphatic carbocycles. The van der Waals surface area contributed by atoms with Crippen molar-refractivity contribution in [3.8, 4) is 0 Å². The maximum atomic E-state index is 12.7. The molecule has 86 valence electrons. The molecule has 0 atom stereocenters. The van der Waals surface area contributed by atoms with Crippen molar-refractivity contribution in [1.29, 1.82) is 0 Å². The predicted molar refractivity (Wildman–Crippen MR) is 47.9 cm³/mol. The lowest BCUT2D eigenvalue weighted by Crippen LogP contribution is -2.08. The van der Waals surface area contributed by atoms with E-state index in [-0.39, 0.29) is 11.6 Å². The van der Waals surface area contributed by atoms with Crippen LogP contribution in [-0.2, 0) is 0 Å². The highest BCUT2D eigenvalue weighted by molar-refractivity contribution is 8.45. The van der Waals surface area contributed by atoms with Crippen molar-refractivity contribution in [3.63, 3.8) is 0 Å². The van der Waals surface area contributed by atoms with E-state index in [0.717, 1.165) is 12.1 Å². The SMILES string of the molecule is C=Cc1ccc(F)c(S(F)(F)(F)(F)F)c1. The highest BCUT2D eigenvalue weighted by Crippen LogP contribution is 3.02. The number of rotatable bonds is 2. The van der Waals surface area contributed by atoms with E-state index < -0.39 is 20.9 Å². The van der Waals surface area contributed by atoms with Crippen molar-refractivity contribution in [2.24, 2.45) is 0 Å². The molecule has 0 spiro atoms. The van der Waals surface area contributed by atoms with Gasteiger partial charge >= 0.3 is 10.2 Å². The van der Waals surface area contributed by atoms with Gasteiger partial charge in [-0.2, -0.15) is 0 Å². The number of benzene rings is 1. The molecule has 1 aromatic carbocycles. The molecule has 0 radical (unpaired) electrons. The molecule has 15 heavy (non-hydrogen) atoms. The quantitative estimate of drug-likeness (QED) is 0.637. The van der Waals surface area contributed by atoms with E-state index in [1.54, 1.807) is 0 Å². The zero-order chi connectivity index (χ0) is 12.0. The first-order valence-corrected chi connectivity index (χ1v) is 5.55. The van der Waals surface area contributed by atoms with Gasteiger partial charge in [0, 0.05) is 0 Å². The Morgan fingerprint density at radius 3 is 2.00 bits per heavy atom. The molecule has 0 aliphatic heterocycles. The topological polar surface area (TPSA) is 0 Å². The van der Waals surface area contributed by atoms with Crippen molar-refractivity contribution < 1.29 is 23.8 Å². The summed E-state index contributed by atoms with van der Waals surface area (Å²) in [6.07, 6.45) is 0.923. The van der Waals surface area contributed by atoms with Crippen LogP contribution >= 0.6 is 10.2 Å². The summed E-state index contributed by atoms with van der Waals surface area (Å²) in [6.45, 7) is 3.11. The first-order valence-electron chi connectivity index (χ1n) is 3.60. The monoisotopic (exact) mass is 248 g/mol. The Labute approximate surface area is 81.9 Å². The summed E-state index contributed by atoms with van der Waals surface area (Å²) < 4.78 is 73.9. The lowest BCUT2D eigenvalue weighted by Gasteiger charge is -2.40. The van der Waals surface area contributed by atoms with Gasteiger partial charge in [0.15, 0.2) is 0 Å². The predicted octanol–water partition coefficient (Wildman–Crippen LogP) is 5.13. The molecule has 0 unspecified atom stereocenters. The molecular formula is C8H6F6S. The molecular weight excluding hydrogens is 242 g/mol. The highest BCUT2D eigenvalue weighted by Gasteiger charge is 2.67. The molecule has 0 saturated carbocycles. The van der Waals surface area contributed by atoms with Gasteiger partial charge in [-0.15, -0.1) is 0 Å². The van der Waals surface area contributed by atoms with Crippen LogP contribution in [0.1, 0.15) is 5.56 Å². The maximum Gasteiger partial charge on any atom is 0.313 e. The largest absolute Gasteiger partial charge is 0.313 e. The van der Waals surface area contributed by atoms with Gasteiger partial charge in [0.2, 0.25) is 0 Å². The van der Waals surface area contributed by atoms with E-state index in [1.807, 2.05) is 0 Å². The second kappa shape index (κ2) is 2.52. The summed E-state index contributed by atoms with van der Waals surface area (Å²) in [5.74, 6) is -1.99. The Morgan fingerprint density at radius 2 is 1.60 bits per heavy atom. The normalized spacial score (nSPS) is 16.7. The number of hydrogen-bond acceptors (Lipinski definition) is 0. The lowest BCUT2D eigenvalue weighted by molar-refractivity contribution is 0.355. The Hall–Kier alpha value is -1.11. The van der Waals surface area contributed by atoms with Gasteiger partial charge in [-0.1, -0.05) is 38.2 Å². The van der Waals surface area contributed by atoms with Gasteiger partial charge < -0.3 is 0 Å². The van der Waals surface area contributed by atoms with Crippen molar-refractivity contribution in [2.45, 2.75) is 4.90 Å². The summed E-state index contributed by atoms with van der Waals surface area (Å²) >= 11 is 0. The Balaban J connectivity index is 3.59. The summed E-state index contributed by atoms with van der Waals surface area (Å²) in [7, 11) is -9.95. The molecule has 0 nitrogen and oxygen atoms in total. The Morgan fingerprint density at radius 1 is 1.07 bits per heavy atom. The van der Waals surface area contributed by atoms with E-state index in [1.165, 1.54) is 0 Å². The van der Waals surface area contributed by atoms with Crippen molar-refractivity contribution in [2.75, 3.05) is 0 Å². The second-order valence-corrected chi connectivity index (χ2v) is 5.24. The molecule has 1 aromatic rings. The van der Waals surface area contributed by atoms with E-state index in [2.05, 4.69) is 6.58 Å². The van der Waals surface area contributed by atoms with Gasteiger partial charge in [-0.3, -0.25) is 0 Å². The molecule has 1 rings (SSSR count). The van der Waals surface area contributed by atoms with Crippen LogP contribution in [0.4, 0.5) is 23.8 Å². The van der Waals surface area contributed by atoms with Crippen molar-refractivity contribution in [3.05, 3.63) is 36.2 Å². The minimum Gasteiger partial charge on any atom is -0.205 e. The van der Waals surface area contributed by atoms with Crippen LogP contribution in [0, 0.1) is 5.82 Å². The smallest absolute Gasteiger partial charge is 0.205 e. The zero-order valence-electron chi connectivity index (χ0n) is 7.19. The van der Waals surface area contributed by atoms with E-state index >= 15 is 0 Å². The number of hydrogen-bond donors (Lipinski definition) is 0. The molecule has 0 bridgehead atoms. The standard InChI is InChI=1S/C8H6F6S/c1-2-6-3-4-7(9)8(5-6)15(10,11,12,13)14/h2-5H,1H2. The molecule has 0 amide bonds. The average molecular weight is 248 g/mol. The third-order valence-electron chi connectivity index (χ3n) is 1.61. The van der Waals surface area contributed by atoms with Crippen LogP contribution in [0.2, 0.25) is 0 Å². The first-order chi connectivity index (χ1) is 6.44. The third-order valence-corrected chi connectivity index (χ3v) is 2.75. The molecule has 0 heterocycles. The van der Waals surface area contributed by atoms with Crippen LogP contribution in [0.15, 0.2) is 29.7 Å². The Kier molecular flexibility index (Phi) is 2.01. The molecule has 0 aliphatic rings. The molecule has 0 aromatic heterocycles. The summed E-state index contributed by atoms with van der Waals surface area (Å²) in [6, 6.07) is 1.31. The Bertz CT molecular complexity index is 418. The lowest BCUT2D eigenvalue weighted by atomic mass is 10.2. The first kappa shape index (κ1) is 12.0. The van der Waals surface area contributed by atoms with Gasteiger partial charge in [-0.25, -0.2) is 4.39 Å². The van der Waals surface area contributed by atoms with Crippen LogP contribution < -0.4 is 0 Å². The minimum atomic E-state index is -9.95. The fraction of sp³-hybridized carbons (Fsp3) is 0. The minimum absolute atomic E-state index is 0.0455. The fourth-order valence-electron chi connectivity index (χ4n) is 0.943. The molecule has 7 heteroatoms. The van der Waals surface area contributed by atoms with Gasteiger partial charge in [0.05, 0.1) is 0 Å². The summed E-state index contributed by atoms with van der Waals surface area (Å²) in [5.41, 5.74) is -0.223. The van der Waals surface area contributed by atoms with Gasteiger partial charge in [-0.05, 0) is 17.7 Å². The summed E-state index contributed by atoms with van der Waals surface area (Å²) in [4.78, 5) is -2.51. The van der Waals surface area contributed by atoms with E-state index in [0.29, 0.717) is 6.07 Å². The molecule has 0 N–H and O–H groups in total. The van der Waals surface area contributed by atoms with Crippen LogP contribution in [-0.4, -0.2) is 0 Å². The van der Waals surface area contributed by atoms with Gasteiger partial charge in [0.25, 0.3) is 0 Å². The van der Waals surface area contributed by atoms with Crippen LogP contribution in [0.3, 0.4) is 0 Å².